The minimum absolute atomic E-state index is 0.0413. The quantitative estimate of drug-likeness (QED) is 0.590. The van der Waals surface area contributed by atoms with Gasteiger partial charge in [0.25, 0.3) is 0 Å². The molecule has 154 valence electrons. The first-order valence-electron chi connectivity index (χ1n) is 10.9. The Balaban J connectivity index is 1.68. The number of carboxylic acid groups (broad SMARTS) is 1. The van der Waals surface area contributed by atoms with Crippen molar-refractivity contribution in [3.05, 3.63) is 0 Å². The van der Waals surface area contributed by atoms with Gasteiger partial charge in [0.2, 0.25) is 0 Å². The topological polar surface area (TPSA) is 98.0 Å². The molecule has 0 radical (unpaired) electrons. The number of aliphatic carboxylic acids is 1. The second-order valence-corrected chi connectivity index (χ2v) is 10.7. The van der Waals surface area contributed by atoms with Crippen LogP contribution in [0.1, 0.15) is 65.7 Å². The van der Waals surface area contributed by atoms with Gasteiger partial charge in [0.15, 0.2) is 0 Å². The zero-order valence-corrected chi connectivity index (χ0v) is 16.8. The number of fused-ring (bicyclic) bond motifs is 5. The highest BCUT2D eigenvalue weighted by atomic mass is 16.4. The first-order valence-corrected chi connectivity index (χ1v) is 10.9. The number of hydrogen-bond acceptors (Lipinski definition) is 4. The van der Waals surface area contributed by atoms with Crippen LogP contribution in [0.25, 0.3) is 0 Å². The lowest BCUT2D eigenvalue weighted by atomic mass is 9.43. The highest BCUT2D eigenvalue weighted by molar-refractivity contribution is 5.70. The molecule has 4 rings (SSSR count). The van der Waals surface area contributed by atoms with Crippen LogP contribution < -0.4 is 0 Å². The van der Waals surface area contributed by atoms with Crippen molar-refractivity contribution >= 4 is 5.97 Å². The fraction of sp³-hybridized carbons (Fsp3) is 0.955. The molecule has 0 amide bonds. The molecule has 4 saturated carbocycles. The number of carbonyl (C=O) groups is 1. The molecule has 0 saturated heterocycles. The van der Waals surface area contributed by atoms with Crippen LogP contribution in [0.4, 0.5) is 0 Å². The predicted octanol–water partition coefficient (Wildman–Crippen LogP) is 2.67. The van der Waals surface area contributed by atoms with Crippen molar-refractivity contribution < 1.29 is 25.2 Å². The number of hydrogen-bond donors (Lipinski definition) is 4. The Kier molecular flexibility index (Phi) is 4.68. The molecule has 0 heterocycles. The van der Waals surface area contributed by atoms with Crippen molar-refractivity contribution in [3.63, 3.8) is 0 Å². The number of aliphatic hydroxyl groups excluding tert-OH is 3. The van der Waals surface area contributed by atoms with Crippen LogP contribution in [0.2, 0.25) is 0 Å². The normalized spacial score (nSPS) is 55.9. The third-order valence-electron chi connectivity index (χ3n) is 9.79. The zero-order chi connectivity index (χ0) is 19.7. The van der Waals surface area contributed by atoms with E-state index in [0.29, 0.717) is 12.3 Å². The molecular formula is C22H36O5. The SMILES string of the molecule is C[C@H](C(=O)O)[C@H]1CC[C@H]2[C@@H]3[C@@H](O)[C@@H](O)[C@@H]4C[C@H](O)CC[C@]4(C)[C@H]3CC[C@]12C. The van der Waals surface area contributed by atoms with Gasteiger partial charge in [-0.2, -0.15) is 0 Å². The summed E-state index contributed by atoms with van der Waals surface area (Å²) in [6.07, 6.45) is 4.20. The van der Waals surface area contributed by atoms with Gasteiger partial charge < -0.3 is 20.4 Å². The van der Waals surface area contributed by atoms with Crippen molar-refractivity contribution in [2.75, 3.05) is 0 Å². The molecule has 0 aromatic carbocycles. The van der Waals surface area contributed by atoms with Crippen LogP contribution in [0.15, 0.2) is 0 Å². The van der Waals surface area contributed by atoms with E-state index in [4.69, 9.17) is 0 Å². The molecule has 0 aromatic rings. The molecule has 5 heteroatoms. The molecule has 0 aromatic heterocycles. The summed E-state index contributed by atoms with van der Waals surface area (Å²) in [6, 6.07) is 0. The third-order valence-corrected chi connectivity index (χ3v) is 9.79. The predicted molar refractivity (Wildman–Crippen MR) is 101 cm³/mol. The van der Waals surface area contributed by atoms with E-state index in [1.165, 1.54) is 0 Å². The van der Waals surface area contributed by atoms with Crippen molar-refractivity contribution in [1.82, 2.24) is 0 Å². The van der Waals surface area contributed by atoms with E-state index in [1.54, 1.807) is 0 Å². The van der Waals surface area contributed by atoms with E-state index < -0.39 is 18.2 Å². The molecule has 0 aliphatic heterocycles. The molecule has 4 aliphatic rings. The summed E-state index contributed by atoms with van der Waals surface area (Å²) in [5.74, 6) is -0.318. The first-order chi connectivity index (χ1) is 12.6. The Morgan fingerprint density at radius 2 is 1.52 bits per heavy atom. The summed E-state index contributed by atoms with van der Waals surface area (Å²) in [5.41, 5.74) is -0.114. The van der Waals surface area contributed by atoms with Gasteiger partial charge in [-0.3, -0.25) is 4.79 Å². The molecule has 5 nitrogen and oxygen atoms in total. The Bertz CT molecular complexity index is 608. The summed E-state index contributed by atoms with van der Waals surface area (Å²) in [4.78, 5) is 11.7. The van der Waals surface area contributed by atoms with Gasteiger partial charge >= 0.3 is 5.97 Å². The minimum atomic E-state index is -0.788. The van der Waals surface area contributed by atoms with Gasteiger partial charge in [0.05, 0.1) is 24.2 Å². The van der Waals surface area contributed by atoms with Crippen molar-refractivity contribution in [3.8, 4) is 0 Å². The monoisotopic (exact) mass is 380 g/mol. The first kappa shape index (κ1) is 19.7. The largest absolute Gasteiger partial charge is 0.481 e. The van der Waals surface area contributed by atoms with Crippen molar-refractivity contribution in [2.45, 2.75) is 84.0 Å². The zero-order valence-electron chi connectivity index (χ0n) is 16.8. The molecule has 0 spiro atoms. The second kappa shape index (κ2) is 6.43. The van der Waals surface area contributed by atoms with Crippen LogP contribution in [-0.4, -0.2) is 44.7 Å². The van der Waals surface area contributed by atoms with Gasteiger partial charge in [-0.15, -0.1) is 0 Å². The Morgan fingerprint density at radius 3 is 2.19 bits per heavy atom. The number of rotatable bonds is 2. The minimum Gasteiger partial charge on any atom is -0.481 e. The lowest BCUT2D eigenvalue weighted by molar-refractivity contribution is -0.223. The standard InChI is InChI=1S/C22H36O5/c1-11(20(26)27)13-4-5-14-17-15(7-9-21(13,14)2)22(3)8-6-12(23)10-16(22)18(24)19(17)25/h11-19,23-25H,4-10H2,1-3H3,(H,26,27)/t11-,12+,13+,14-,15-,16-,17-,18-,19+,21+,22+/m0/s1. The average molecular weight is 381 g/mol. The Hall–Kier alpha value is -0.650. The number of aliphatic hydroxyl groups is 3. The summed E-state index contributed by atoms with van der Waals surface area (Å²) < 4.78 is 0. The molecule has 0 bridgehead atoms. The average Bonchev–Trinajstić information content (AvgIpc) is 2.97. The van der Waals surface area contributed by atoms with E-state index >= 15 is 0 Å². The maximum Gasteiger partial charge on any atom is 0.306 e. The van der Waals surface area contributed by atoms with E-state index in [1.807, 2.05) is 6.92 Å². The van der Waals surface area contributed by atoms with Crippen LogP contribution in [0.3, 0.4) is 0 Å². The summed E-state index contributed by atoms with van der Waals surface area (Å²) in [6.45, 7) is 6.34. The Labute approximate surface area is 162 Å². The maximum absolute atomic E-state index is 11.7. The lowest BCUT2D eigenvalue weighted by Crippen LogP contribution is -2.64. The molecule has 4 aliphatic carbocycles. The van der Waals surface area contributed by atoms with E-state index in [-0.39, 0.29) is 46.5 Å². The fourth-order valence-electron chi connectivity index (χ4n) is 8.27. The summed E-state index contributed by atoms with van der Waals surface area (Å²) >= 11 is 0. The van der Waals surface area contributed by atoms with Gasteiger partial charge in [-0.1, -0.05) is 20.8 Å². The molecule has 11 atom stereocenters. The van der Waals surface area contributed by atoms with E-state index in [2.05, 4.69) is 13.8 Å². The van der Waals surface area contributed by atoms with Crippen molar-refractivity contribution in [2.24, 2.45) is 46.3 Å². The number of carboxylic acids is 1. The lowest BCUT2D eigenvalue weighted by Gasteiger charge is -2.63. The summed E-state index contributed by atoms with van der Waals surface area (Å²) in [7, 11) is 0. The van der Waals surface area contributed by atoms with Crippen LogP contribution in [0, 0.1) is 46.3 Å². The highest BCUT2D eigenvalue weighted by Crippen LogP contribution is 2.68. The molecule has 4 fully saturated rings. The molecule has 0 unspecified atom stereocenters. The van der Waals surface area contributed by atoms with Crippen LogP contribution in [-0.2, 0) is 4.79 Å². The van der Waals surface area contributed by atoms with Gasteiger partial charge in [-0.05, 0) is 85.4 Å². The van der Waals surface area contributed by atoms with Gasteiger partial charge in [-0.25, -0.2) is 0 Å². The molecule has 4 N–H and O–H groups in total. The maximum atomic E-state index is 11.7. The second-order valence-electron chi connectivity index (χ2n) is 10.7. The molecular weight excluding hydrogens is 344 g/mol. The third kappa shape index (κ3) is 2.64. The van der Waals surface area contributed by atoms with Gasteiger partial charge in [0.1, 0.15) is 0 Å². The van der Waals surface area contributed by atoms with Crippen LogP contribution in [0.5, 0.6) is 0 Å². The summed E-state index contributed by atoms with van der Waals surface area (Å²) in [5, 5.41) is 41.9. The van der Waals surface area contributed by atoms with E-state index in [0.717, 1.165) is 38.5 Å². The fourth-order valence-corrected chi connectivity index (χ4v) is 8.27. The molecule has 27 heavy (non-hydrogen) atoms. The van der Waals surface area contributed by atoms with Gasteiger partial charge in [0, 0.05) is 0 Å². The van der Waals surface area contributed by atoms with E-state index in [9.17, 15) is 25.2 Å². The van der Waals surface area contributed by atoms with Crippen LogP contribution >= 0.6 is 0 Å². The smallest absolute Gasteiger partial charge is 0.306 e. The highest BCUT2D eigenvalue weighted by Gasteiger charge is 2.65. The Morgan fingerprint density at radius 1 is 0.889 bits per heavy atom. The van der Waals surface area contributed by atoms with Crippen molar-refractivity contribution in [1.29, 1.82) is 0 Å².